The summed E-state index contributed by atoms with van der Waals surface area (Å²) in [6.45, 7) is 0.0279. The summed E-state index contributed by atoms with van der Waals surface area (Å²) in [5.41, 5.74) is 5.83. The van der Waals surface area contributed by atoms with Gasteiger partial charge in [-0.05, 0) is 18.2 Å². The molecule has 3 N–H and O–H groups in total. The summed E-state index contributed by atoms with van der Waals surface area (Å²) in [5.74, 6) is -1.01. The van der Waals surface area contributed by atoms with Gasteiger partial charge in [0.2, 0.25) is 0 Å². The summed E-state index contributed by atoms with van der Waals surface area (Å²) in [6.07, 6.45) is 1.89. The van der Waals surface area contributed by atoms with E-state index >= 15 is 0 Å². The van der Waals surface area contributed by atoms with E-state index in [1.807, 2.05) is 0 Å². The van der Waals surface area contributed by atoms with Crippen LogP contribution in [0.15, 0.2) is 36.7 Å². The van der Waals surface area contributed by atoms with E-state index in [9.17, 15) is 9.50 Å². The normalized spacial score (nSPS) is 14.1. The van der Waals surface area contributed by atoms with Gasteiger partial charge in [-0.3, -0.25) is 0 Å². The number of nitrogens with two attached hydrogens (primary N) is 1. The van der Waals surface area contributed by atoms with Crippen molar-refractivity contribution in [3.63, 3.8) is 0 Å². The van der Waals surface area contributed by atoms with Gasteiger partial charge in [0.1, 0.15) is 11.9 Å². The number of halogens is 2. The minimum Gasteiger partial charge on any atom is -0.384 e. The molecule has 100 valence electrons. The van der Waals surface area contributed by atoms with E-state index in [0.29, 0.717) is 0 Å². The van der Waals surface area contributed by atoms with Crippen molar-refractivity contribution in [1.82, 2.24) is 9.97 Å². The minimum atomic E-state index is -1.11. The lowest BCUT2D eigenvalue weighted by molar-refractivity contribution is 0.136. The summed E-state index contributed by atoms with van der Waals surface area (Å²) >= 11 is 5.99. The van der Waals surface area contributed by atoms with Gasteiger partial charge in [-0.25, -0.2) is 14.4 Å². The molecule has 2 atom stereocenters. The van der Waals surface area contributed by atoms with Gasteiger partial charge in [0.25, 0.3) is 0 Å². The number of aromatic nitrogens is 2. The van der Waals surface area contributed by atoms with Crippen molar-refractivity contribution in [2.45, 2.75) is 12.0 Å². The first-order valence-corrected chi connectivity index (χ1v) is 6.12. The molecule has 0 aliphatic carbocycles. The summed E-state index contributed by atoms with van der Waals surface area (Å²) in [7, 11) is 0. The maximum Gasteiger partial charge on any atom is 0.157 e. The molecule has 0 spiro atoms. The Labute approximate surface area is 115 Å². The van der Waals surface area contributed by atoms with E-state index in [1.165, 1.54) is 24.5 Å². The van der Waals surface area contributed by atoms with Crippen molar-refractivity contribution >= 4 is 11.6 Å². The molecule has 0 saturated heterocycles. The molecule has 1 aromatic heterocycles. The standard InChI is InChI=1S/C13H13ClFN3O/c14-9-3-1-4-10(15)11(9)8(7-16)12(19)13-17-5-2-6-18-13/h1-6,8,12,19H,7,16H2. The lowest BCUT2D eigenvalue weighted by atomic mass is 9.92. The maximum atomic E-state index is 13.9. The average molecular weight is 282 g/mol. The van der Waals surface area contributed by atoms with Crippen LogP contribution in [-0.4, -0.2) is 21.6 Å². The van der Waals surface area contributed by atoms with E-state index in [2.05, 4.69) is 9.97 Å². The molecule has 2 unspecified atom stereocenters. The van der Waals surface area contributed by atoms with Crippen LogP contribution in [0.2, 0.25) is 5.02 Å². The van der Waals surface area contributed by atoms with E-state index in [-0.39, 0.29) is 23.0 Å². The zero-order valence-electron chi connectivity index (χ0n) is 10.0. The second-order valence-electron chi connectivity index (χ2n) is 4.03. The molecule has 0 fully saturated rings. The van der Waals surface area contributed by atoms with Crippen LogP contribution in [0.4, 0.5) is 4.39 Å². The second kappa shape index (κ2) is 6.06. The van der Waals surface area contributed by atoms with Crippen molar-refractivity contribution in [1.29, 1.82) is 0 Å². The third-order valence-electron chi connectivity index (χ3n) is 2.86. The summed E-state index contributed by atoms with van der Waals surface area (Å²) in [4.78, 5) is 7.90. The van der Waals surface area contributed by atoms with Gasteiger partial charge in [-0.15, -0.1) is 0 Å². The molecule has 0 aliphatic heterocycles. The highest BCUT2D eigenvalue weighted by Gasteiger charge is 2.27. The lowest BCUT2D eigenvalue weighted by Crippen LogP contribution is -2.23. The van der Waals surface area contributed by atoms with E-state index < -0.39 is 17.8 Å². The van der Waals surface area contributed by atoms with Gasteiger partial charge >= 0.3 is 0 Å². The van der Waals surface area contributed by atoms with E-state index in [0.717, 1.165) is 0 Å². The first-order valence-electron chi connectivity index (χ1n) is 5.74. The van der Waals surface area contributed by atoms with Crippen molar-refractivity contribution in [3.05, 3.63) is 58.9 Å². The monoisotopic (exact) mass is 281 g/mol. The van der Waals surface area contributed by atoms with Gasteiger partial charge < -0.3 is 10.8 Å². The van der Waals surface area contributed by atoms with Crippen molar-refractivity contribution in [2.24, 2.45) is 5.73 Å². The molecule has 2 rings (SSSR count). The van der Waals surface area contributed by atoms with Crippen LogP contribution < -0.4 is 5.73 Å². The highest BCUT2D eigenvalue weighted by atomic mass is 35.5. The maximum absolute atomic E-state index is 13.9. The van der Waals surface area contributed by atoms with E-state index in [1.54, 1.807) is 12.1 Å². The Balaban J connectivity index is 2.40. The Morgan fingerprint density at radius 1 is 1.26 bits per heavy atom. The SMILES string of the molecule is NCC(c1c(F)cccc1Cl)C(O)c1ncccn1. The Bertz CT molecular complexity index is 533. The van der Waals surface area contributed by atoms with Gasteiger partial charge in [-0.2, -0.15) is 0 Å². The number of hydrogen-bond acceptors (Lipinski definition) is 4. The largest absolute Gasteiger partial charge is 0.384 e. The molecule has 4 nitrogen and oxygen atoms in total. The molecule has 0 amide bonds. The van der Waals surface area contributed by atoms with Crippen LogP contribution in [0.3, 0.4) is 0 Å². The molecule has 0 radical (unpaired) electrons. The highest BCUT2D eigenvalue weighted by Crippen LogP contribution is 2.34. The van der Waals surface area contributed by atoms with Crippen molar-refractivity contribution < 1.29 is 9.50 Å². The van der Waals surface area contributed by atoms with Gasteiger partial charge in [0, 0.05) is 35.4 Å². The zero-order valence-corrected chi connectivity index (χ0v) is 10.8. The molecule has 19 heavy (non-hydrogen) atoms. The predicted octanol–water partition coefficient (Wildman–Crippen LogP) is 2.04. The number of benzene rings is 1. The fourth-order valence-electron chi connectivity index (χ4n) is 1.91. The zero-order chi connectivity index (χ0) is 13.8. The van der Waals surface area contributed by atoms with Crippen LogP contribution in [-0.2, 0) is 0 Å². The molecule has 0 bridgehead atoms. The third-order valence-corrected chi connectivity index (χ3v) is 3.19. The quantitative estimate of drug-likeness (QED) is 0.900. The summed E-state index contributed by atoms with van der Waals surface area (Å²) < 4.78 is 13.9. The number of rotatable bonds is 4. The number of nitrogens with zero attached hydrogens (tertiary/aromatic N) is 2. The van der Waals surface area contributed by atoms with Crippen molar-refractivity contribution in [2.75, 3.05) is 6.54 Å². The van der Waals surface area contributed by atoms with Crippen molar-refractivity contribution in [3.8, 4) is 0 Å². The molecule has 6 heteroatoms. The fraction of sp³-hybridized carbons (Fsp3) is 0.231. The second-order valence-corrected chi connectivity index (χ2v) is 4.44. The Kier molecular flexibility index (Phi) is 4.42. The highest BCUT2D eigenvalue weighted by molar-refractivity contribution is 6.31. The van der Waals surface area contributed by atoms with Crippen LogP contribution in [0.1, 0.15) is 23.4 Å². The van der Waals surface area contributed by atoms with E-state index in [4.69, 9.17) is 17.3 Å². The first-order chi connectivity index (χ1) is 9.15. The molecule has 2 aromatic rings. The van der Waals surface area contributed by atoms with Gasteiger partial charge in [0.05, 0.1) is 0 Å². The smallest absolute Gasteiger partial charge is 0.157 e. The van der Waals surface area contributed by atoms with Crippen LogP contribution in [0, 0.1) is 5.82 Å². The molecule has 1 heterocycles. The summed E-state index contributed by atoms with van der Waals surface area (Å²) in [5, 5.41) is 10.5. The van der Waals surface area contributed by atoms with Crippen LogP contribution >= 0.6 is 11.6 Å². The molecule has 0 aliphatic rings. The molecule has 0 saturated carbocycles. The molecular formula is C13H13ClFN3O. The van der Waals surface area contributed by atoms with Crippen LogP contribution in [0.5, 0.6) is 0 Å². The fourth-order valence-corrected chi connectivity index (χ4v) is 2.22. The topological polar surface area (TPSA) is 72.0 Å². The van der Waals surface area contributed by atoms with Gasteiger partial charge in [-0.1, -0.05) is 17.7 Å². The minimum absolute atomic E-state index is 0.0279. The average Bonchev–Trinajstić information content (AvgIpc) is 2.43. The Morgan fingerprint density at radius 2 is 1.95 bits per heavy atom. The number of aliphatic hydroxyl groups excluding tert-OH is 1. The number of aliphatic hydroxyl groups is 1. The Morgan fingerprint density at radius 3 is 2.53 bits per heavy atom. The number of hydrogen-bond donors (Lipinski definition) is 2. The molecule has 1 aromatic carbocycles. The molecular weight excluding hydrogens is 269 g/mol. The summed E-state index contributed by atoms with van der Waals surface area (Å²) in [6, 6.07) is 5.97. The van der Waals surface area contributed by atoms with Crippen LogP contribution in [0.25, 0.3) is 0 Å². The van der Waals surface area contributed by atoms with Gasteiger partial charge in [0.15, 0.2) is 5.82 Å². The third kappa shape index (κ3) is 2.89. The Hall–Kier alpha value is -1.56. The lowest BCUT2D eigenvalue weighted by Gasteiger charge is -2.22. The first kappa shape index (κ1) is 13.9. The predicted molar refractivity (Wildman–Crippen MR) is 70.2 cm³/mol.